The summed E-state index contributed by atoms with van der Waals surface area (Å²) in [4.78, 5) is 10.3. The molecule has 2 aromatic carbocycles. The van der Waals surface area contributed by atoms with Gasteiger partial charge in [-0.15, -0.1) is 0 Å². The molecule has 0 unspecified atom stereocenters. The van der Waals surface area contributed by atoms with E-state index in [9.17, 15) is 25.4 Å². The predicted molar refractivity (Wildman–Crippen MR) is 91.5 cm³/mol. The summed E-state index contributed by atoms with van der Waals surface area (Å²) in [6, 6.07) is 8.45. The highest BCUT2D eigenvalue weighted by molar-refractivity contribution is 7.80. The van der Waals surface area contributed by atoms with E-state index in [4.69, 9.17) is 12.2 Å². The van der Waals surface area contributed by atoms with Gasteiger partial charge < -0.3 is 20.6 Å². The molecule has 0 aliphatic rings. The number of nitrogens with one attached hydrogen (secondary N) is 2. The van der Waals surface area contributed by atoms with E-state index in [0.717, 1.165) is 6.21 Å². The third kappa shape index (κ3) is 3.87. The predicted octanol–water partition coefficient (Wildman–Crippen LogP) is 2.03. The van der Waals surface area contributed by atoms with E-state index in [2.05, 4.69) is 15.8 Å². The standard InChI is InChI=1S/C14H12N4O5S/c19-11-6-5-8(12(20)13(11)21)7-15-17-14(24)16-9-3-1-2-4-10(9)18(22)23/h1-7,19-21H,(H2,16,17,24)/b15-7+. The lowest BCUT2D eigenvalue weighted by molar-refractivity contribution is -0.383. The van der Waals surface area contributed by atoms with Crippen LogP contribution in [-0.2, 0) is 0 Å². The zero-order chi connectivity index (χ0) is 17.7. The highest BCUT2D eigenvalue weighted by Gasteiger charge is 2.13. The normalized spacial score (nSPS) is 10.5. The van der Waals surface area contributed by atoms with Gasteiger partial charge in [-0.3, -0.25) is 15.5 Å². The first-order valence-electron chi connectivity index (χ1n) is 6.47. The first-order valence-corrected chi connectivity index (χ1v) is 6.88. The molecule has 0 heterocycles. The molecule has 0 saturated heterocycles. The van der Waals surface area contributed by atoms with E-state index in [1.165, 1.54) is 30.3 Å². The van der Waals surface area contributed by atoms with Crippen molar-refractivity contribution in [3.8, 4) is 17.2 Å². The Balaban J connectivity index is 2.04. The first-order chi connectivity index (χ1) is 11.4. The maximum Gasteiger partial charge on any atom is 0.292 e. The van der Waals surface area contributed by atoms with Gasteiger partial charge in [0.15, 0.2) is 16.6 Å². The summed E-state index contributed by atoms with van der Waals surface area (Å²) >= 11 is 4.97. The monoisotopic (exact) mass is 348 g/mol. The molecule has 10 heteroatoms. The first kappa shape index (κ1) is 17.0. The second-order valence-electron chi connectivity index (χ2n) is 4.47. The molecule has 24 heavy (non-hydrogen) atoms. The molecule has 124 valence electrons. The van der Waals surface area contributed by atoms with Crippen LogP contribution in [-0.4, -0.2) is 31.6 Å². The van der Waals surface area contributed by atoms with Crippen LogP contribution in [0.25, 0.3) is 0 Å². The minimum absolute atomic E-state index is 0.0111. The van der Waals surface area contributed by atoms with Gasteiger partial charge in [0.05, 0.1) is 11.1 Å². The van der Waals surface area contributed by atoms with Crippen molar-refractivity contribution in [2.45, 2.75) is 0 Å². The molecule has 2 rings (SSSR count). The Bertz CT molecular complexity index is 825. The summed E-state index contributed by atoms with van der Waals surface area (Å²) in [6.45, 7) is 0. The zero-order valence-electron chi connectivity index (χ0n) is 12.0. The van der Waals surface area contributed by atoms with Crippen molar-refractivity contribution in [3.63, 3.8) is 0 Å². The van der Waals surface area contributed by atoms with E-state index >= 15 is 0 Å². The quantitative estimate of drug-likeness (QED) is 0.186. The van der Waals surface area contributed by atoms with Crippen LogP contribution in [0.5, 0.6) is 17.2 Å². The van der Waals surface area contributed by atoms with E-state index < -0.39 is 22.2 Å². The van der Waals surface area contributed by atoms with E-state index in [-0.39, 0.29) is 22.1 Å². The van der Waals surface area contributed by atoms with Gasteiger partial charge in [0.25, 0.3) is 5.69 Å². The highest BCUT2D eigenvalue weighted by Crippen LogP contribution is 2.36. The minimum atomic E-state index is -0.667. The van der Waals surface area contributed by atoms with Crippen molar-refractivity contribution in [2.24, 2.45) is 5.10 Å². The highest BCUT2D eigenvalue weighted by atomic mass is 32.1. The van der Waals surface area contributed by atoms with Crippen molar-refractivity contribution >= 4 is 34.9 Å². The lowest BCUT2D eigenvalue weighted by Gasteiger charge is -2.07. The SMILES string of the molecule is O=[N+]([O-])c1ccccc1NC(=S)N/N=C/c1ccc(O)c(O)c1O. The van der Waals surface area contributed by atoms with Crippen molar-refractivity contribution in [2.75, 3.05) is 5.32 Å². The number of hydrazone groups is 1. The molecule has 0 amide bonds. The van der Waals surface area contributed by atoms with Gasteiger partial charge in [0.2, 0.25) is 5.75 Å². The van der Waals surface area contributed by atoms with Crippen LogP contribution in [0.2, 0.25) is 0 Å². The van der Waals surface area contributed by atoms with Crippen molar-refractivity contribution < 1.29 is 20.2 Å². The molecule has 0 aliphatic carbocycles. The summed E-state index contributed by atoms with van der Waals surface area (Å²) in [5.41, 5.74) is 2.60. The van der Waals surface area contributed by atoms with E-state index in [1.54, 1.807) is 6.07 Å². The number of nitro groups is 1. The molecule has 0 fully saturated rings. The van der Waals surface area contributed by atoms with Crippen LogP contribution in [0.3, 0.4) is 0 Å². The van der Waals surface area contributed by atoms with Crippen LogP contribution < -0.4 is 10.7 Å². The molecule has 0 radical (unpaired) electrons. The van der Waals surface area contributed by atoms with Gasteiger partial charge in [-0.1, -0.05) is 12.1 Å². The average Bonchev–Trinajstić information content (AvgIpc) is 2.55. The second kappa shape index (κ2) is 7.24. The molecule has 0 spiro atoms. The van der Waals surface area contributed by atoms with Gasteiger partial charge >= 0.3 is 0 Å². The number of phenolic OH excluding ortho intramolecular Hbond substituents is 3. The number of nitrogens with zero attached hydrogens (tertiary/aromatic N) is 2. The fourth-order valence-electron chi connectivity index (χ4n) is 1.74. The summed E-state index contributed by atoms with van der Waals surface area (Å²) in [6.07, 6.45) is 1.15. The van der Waals surface area contributed by atoms with Crippen molar-refractivity contribution in [1.29, 1.82) is 0 Å². The van der Waals surface area contributed by atoms with Crippen molar-refractivity contribution in [3.05, 3.63) is 52.1 Å². The third-order valence-electron chi connectivity index (χ3n) is 2.88. The number of para-hydroxylation sites is 2. The maximum atomic E-state index is 10.9. The number of phenols is 3. The Morgan fingerprint density at radius 3 is 2.58 bits per heavy atom. The Morgan fingerprint density at radius 1 is 1.17 bits per heavy atom. The van der Waals surface area contributed by atoms with Gasteiger partial charge in [-0.2, -0.15) is 5.10 Å². The molecular weight excluding hydrogens is 336 g/mol. The fraction of sp³-hybridized carbons (Fsp3) is 0. The number of hydrogen-bond donors (Lipinski definition) is 5. The van der Waals surface area contributed by atoms with Crippen LogP contribution in [0.4, 0.5) is 11.4 Å². The van der Waals surface area contributed by atoms with Crippen LogP contribution in [0, 0.1) is 10.1 Å². The van der Waals surface area contributed by atoms with Crippen LogP contribution in [0.1, 0.15) is 5.56 Å². The largest absolute Gasteiger partial charge is 0.504 e. The Hall–Kier alpha value is -3.40. The van der Waals surface area contributed by atoms with Gasteiger partial charge in [-0.25, -0.2) is 0 Å². The number of hydrogen-bond acceptors (Lipinski definition) is 7. The van der Waals surface area contributed by atoms with Gasteiger partial charge in [0.1, 0.15) is 5.69 Å². The smallest absolute Gasteiger partial charge is 0.292 e. The molecule has 0 aliphatic heterocycles. The van der Waals surface area contributed by atoms with Crippen LogP contribution in [0.15, 0.2) is 41.5 Å². The summed E-state index contributed by atoms with van der Waals surface area (Å²) < 4.78 is 0. The number of rotatable bonds is 4. The molecule has 2 aromatic rings. The van der Waals surface area contributed by atoms with E-state index in [1.807, 2.05) is 0 Å². The molecule has 0 atom stereocenters. The lowest BCUT2D eigenvalue weighted by atomic mass is 10.2. The minimum Gasteiger partial charge on any atom is -0.504 e. The zero-order valence-corrected chi connectivity index (χ0v) is 12.8. The maximum absolute atomic E-state index is 10.9. The lowest BCUT2D eigenvalue weighted by Crippen LogP contribution is -2.24. The number of nitro benzene ring substituents is 1. The van der Waals surface area contributed by atoms with Gasteiger partial charge in [-0.05, 0) is 30.4 Å². The van der Waals surface area contributed by atoms with Gasteiger partial charge in [0, 0.05) is 11.6 Å². The molecule has 0 bridgehead atoms. The number of benzene rings is 2. The molecule has 9 nitrogen and oxygen atoms in total. The average molecular weight is 348 g/mol. The number of thiocarbonyl (C=S) groups is 1. The van der Waals surface area contributed by atoms with E-state index in [0.29, 0.717) is 0 Å². The molecule has 5 N–H and O–H groups in total. The summed E-state index contributed by atoms with van der Waals surface area (Å²) in [7, 11) is 0. The number of anilines is 1. The summed E-state index contributed by atoms with van der Waals surface area (Å²) in [5.74, 6) is -1.68. The van der Waals surface area contributed by atoms with Crippen LogP contribution >= 0.6 is 12.2 Å². The second-order valence-corrected chi connectivity index (χ2v) is 4.88. The number of aromatic hydroxyl groups is 3. The topological polar surface area (TPSA) is 140 Å². The summed E-state index contributed by atoms with van der Waals surface area (Å²) in [5, 5.41) is 45.5. The third-order valence-corrected chi connectivity index (χ3v) is 3.07. The van der Waals surface area contributed by atoms with Crippen molar-refractivity contribution in [1.82, 2.24) is 5.43 Å². The molecular formula is C14H12N4O5S. The Morgan fingerprint density at radius 2 is 1.88 bits per heavy atom. The molecule has 0 aromatic heterocycles. The molecule has 0 saturated carbocycles. The Labute approximate surface area is 141 Å². The Kier molecular flexibility index (Phi) is 5.12. The fourth-order valence-corrected chi connectivity index (χ4v) is 1.90.